The lowest BCUT2D eigenvalue weighted by Gasteiger charge is -2.06. The third-order valence-electron chi connectivity index (χ3n) is 2.73. The van der Waals surface area contributed by atoms with Gasteiger partial charge in [-0.3, -0.25) is 4.98 Å². The van der Waals surface area contributed by atoms with Gasteiger partial charge in [-0.2, -0.15) is 0 Å². The van der Waals surface area contributed by atoms with Gasteiger partial charge >= 0.3 is 11.9 Å². The Morgan fingerprint density at radius 2 is 1.71 bits per heavy atom. The lowest BCUT2D eigenvalue weighted by molar-refractivity contribution is 0.0469. The van der Waals surface area contributed by atoms with Crippen LogP contribution in [0, 0.1) is 0 Å². The highest BCUT2D eigenvalue weighted by atomic mass is 16.5. The highest BCUT2D eigenvalue weighted by Crippen LogP contribution is 2.09. The van der Waals surface area contributed by atoms with Crippen LogP contribution in [0.25, 0.3) is 0 Å². The molecule has 0 fully saturated rings. The Bertz CT molecular complexity index is 608. The van der Waals surface area contributed by atoms with Crippen molar-refractivity contribution in [3.63, 3.8) is 0 Å². The number of aromatic nitrogens is 1. The third kappa shape index (κ3) is 4.14. The molecule has 0 aliphatic heterocycles. The van der Waals surface area contributed by atoms with E-state index in [0.29, 0.717) is 17.7 Å². The number of ether oxygens (including phenoxy) is 2. The fourth-order valence-corrected chi connectivity index (χ4v) is 1.67. The molecule has 0 bridgehead atoms. The maximum Gasteiger partial charge on any atom is 0.340 e. The van der Waals surface area contributed by atoms with Crippen molar-refractivity contribution in [1.82, 2.24) is 4.98 Å². The molecule has 5 nitrogen and oxygen atoms in total. The van der Waals surface area contributed by atoms with Crippen LogP contribution in [0.4, 0.5) is 0 Å². The minimum absolute atomic E-state index is 0.136. The summed E-state index contributed by atoms with van der Waals surface area (Å²) in [5.74, 6) is -0.797. The van der Waals surface area contributed by atoms with Crippen LogP contribution in [0.3, 0.4) is 0 Å². The second-order valence-electron chi connectivity index (χ2n) is 4.24. The Labute approximate surface area is 122 Å². The van der Waals surface area contributed by atoms with E-state index in [2.05, 4.69) is 4.98 Å². The number of carbonyl (C=O) groups is 2. The molecular formula is C16H15NO4. The number of benzene rings is 1. The quantitative estimate of drug-likeness (QED) is 0.790. The van der Waals surface area contributed by atoms with Gasteiger partial charge in [-0.1, -0.05) is 12.1 Å². The van der Waals surface area contributed by atoms with Crippen molar-refractivity contribution >= 4 is 11.9 Å². The van der Waals surface area contributed by atoms with E-state index in [1.807, 2.05) is 0 Å². The predicted molar refractivity (Wildman–Crippen MR) is 75.8 cm³/mol. The van der Waals surface area contributed by atoms with Gasteiger partial charge in [-0.05, 0) is 36.8 Å². The zero-order valence-corrected chi connectivity index (χ0v) is 11.6. The zero-order valence-electron chi connectivity index (χ0n) is 11.6. The number of esters is 2. The highest BCUT2D eigenvalue weighted by Gasteiger charge is 2.08. The molecule has 2 rings (SSSR count). The van der Waals surface area contributed by atoms with Gasteiger partial charge in [0.15, 0.2) is 0 Å². The Hall–Kier alpha value is -2.69. The molecule has 0 spiro atoms. The Kier molecular flexibility index (Phi) is 5.04. The van der Waals surface area contributed by atoms with Crippen molar-refractivity contribution in [3.8, 4) is 0 Å². The minimum Gasteiger partial charge on any atom is -0.462 e. The number of nitrogens with zero attached hydrogens (tertiary/aromatic N) is 1. The highest BCUT2D eigenvalue weighted by molar-refractivity contribution is 5.89. The fraction of sp³-hybridized carbons (Fsp3) is 0.188. The number of pyridine rings is 1. The summed E-state index contributed by atoms with van der Waals surface area (Å²) in [5.41, 5.74) is 1.67. The van der Waals surface area contributed by atoms with Crippen LogP contribution in [-0.4, -0.2) is 23.5 Å². The van der Waals surface area contributed by atoms with Crippen molar-refractivity contribution in [1.29, 1.82) is 0 Å². The van der Waals surface area contributed by atoms with E-state index in [4.69, 9.17) is 9.47 Å². The van der Waals surface area contributed by atoms with Crippen LogP contribution in [0.5, 0.6) is 0 Å². The van der Waals surface area contributed by atoms with Gasteiger partial charge in [0.1, 0.15) is 6.61 Å². The molecule has 1 heterocycles. The van der Waals surface area contributed by atoms with E-state index in [0.717, 1.165) is 5.56 Å². The van der Waals surface area contributed by atoms with Gasteiger partial charge < -0.3 is 9.47 Å². The van der Waals surface area contributed by atoms with Gasteiger partial charge in [-0.25, -0.2) is 9.59 Å². The molecule has 0 atom stereocenters. The molecule has 0 saturated heterocycles. The van der Waals surface area contributed by atoms with E-state index < -0.39 is 5.97 Å². The molecule has 0 saturated carbocycles. The molecule has 1 aromatic heterocycles. The van der Waals surface area contributed by atoms with E-state index in [1.165, 1.54) is 6.20 Å². The first kappa shape index (κ1) is 14.7. The average Bonchev–Trinajstić information content (AvgIpc) is 2.54. The molecule has 0 aliphatic rings. The van der Waals surface area contributed by atoms with Crippen LogP contribution >= 0.6 is 0 Å². The van der Waals surface area contributed by atoms with Crippen molar-refractivity contribution in [3.05, 3.63) is 65.5 Å². The smallest absolute Gasteiger partial charge is 0.340 e. The second kappa shape index (κ2) is 7.19. The molecule has 0 N–H and O–H groups in total. The van der Waals surface area contributed by atoms with E-state index in [1.54, 1.807) is 49.5 Å². The van der Waals surface area contributed by atoms with Crippen molar-refractivity contribution < 1.29 is 19.1 Å². The summed E-state index contributed by atoms with van der Waals surface area (Å²) < 4.78 is 10.1. The van der Waals surface area contributed by atoms with E-state index >= 15 is 0 Å². The van der Waals surface area contributed by atoms with E-state index in [-0.39, 0.29) is 12.6 Å². The molecule has 21 heavy (non-hydrogen) atoms. The van der Waals surface area contributed by atoms with Crippen LogP contribution in [-0.2, 0) is 16.1 Å². The summed E-state index contributed by atoms with van der Waals surface area (Å²) in [4.78, 5) is 27.1. The monoisotopic (exact) mass is 285 g/mol. The zero-order chi connectivity index (χ0) is 15.1. The van der Waals surface area contributed by atoms with Gasteiger partial charge in [0.05, 0.1) is 17.7 Å². The summed E-state index contributed by atoms with van der Waals surface area (Å²) in [6.07, 6.45) is 3.04. The molecule has 5 heteroatoms. The first-order valence-corrected chi connectivity index (χ1v) is 6.54. The molecule has 0 unspecified atom stereocenters. The summed E-state index contributed by atoms with van der Waals surface area (Å²) in [5, 5.41) is 0. The van der Waals surface area contributed by atoms with Crippen LogP contribution < -0.4 is 0 Å². The number of carbonyl (C=O) groups excluding carboxylic acids is 2. The fourth-order valence-electron chi connectivity index (χ4n) is 1.67. The topological polar surface area (TPSA) is 65.5 Å². The normalized spacial score (nSPS) is 9.95. The first-order valence-electron chi connectivity index (χ1n) is 6.54. The number of rotatable bonds is 5. The molecule has 0 radical (unpaired) electrons. The Morgan fingerprint density at radius 1 is 1.00 bits per heavy atom. The summed E-state index contributed by atoms with van der Waals surface area (Å²) in [6.45, 7) is 2.23. The molecular weight excluding hydrogens is 270 g/mol. The Balaban J connectivity index is 1.92. The summed E-state index contributed by atoms with van der Waals surface area (Å²) in [6, 6.07) is 10.0. The maximum atomic E-state index is 11.7. The maximum absolute atomic E-state index is 11.7. The van der Waals surface area contributed by atoms with Gasteiger partial charge in [0.2, 0.25) is 0 Å². The molecule has 2 aromatic rings. The lowest BCUT2D eigenvalue weighted by atomic mass is 10.1. The third-order valence-corrected chi connectivity index (χ3v) is 2.73. The standard InChI is InChI=1S/C16H15NO4/c1-2-20-15(18)13-7-5-12(6-8-13)11-21-16(19)14-4-3-9-17-10-14/h3-10H,2,11H2,1H3. The SMILES string of the molecule is CCOC(=O)c1ccc(COC(=O)c2cccnc2)cc1. The van der Waals surface area contributed by atoms with Crippen LogP contribution in [0.1, 0.15) is 33.2 Å². The summed E-state index contributed by atoms with van der Waals surface area (Å²) >= 11 is 0. The molecule has 1 aromatic carbocycles. The van der Waals surface area contributed by atoms with Gasteiger partial charge in [0.25, 0.3) is 0 Å². The lowest BCUT2D eigenvalue weighted by Crippen LogP contribution is -2.06. The number of hydrogen-bond donors (Lipinski definition) is 0. The van der Waals surface area contributed by atoms with Crippen LogP contribution in [0.2, 0.25) is 0 Å². The predicted octanol–water partition coefficient (Wildman–Crippen LogP) is 2.62. The first-order chi connectivity index (χ1) is 10.2. The van der Waals surface area contributed by atoms with Crippen molar-refractivity contribution in [2.45, 2.75) is 13.5 Å². The van der Waals surface area contributed by atoms with Crippen LogP contribution in [0.15, 0.2) is 48.8 Å². The van der Waals surface area contributed by atoms with E-state index in [9.17, 15) is 9.59 Å². The Morgan fingerprint density at radius 3 is 2.33 bits per heavy atom. The molecule has 0 amide bonds. The molecule has 108 valence electrons. The largest absolute Gasteiger partial charge is 0.462 e. The average molecular weight is 285 g/mol. The minimum atomic E-state index is -0.433. The second-order valence-corrected chi connectivity index (χ2v) is 4.24. The van der Waals surface area contributed by atoms with Gasteiger partial charge in [0, 0.05) is 12.4 Å². The van der Waals surface area contributed by atoms with Gasteiger partial charge in [-0.15, -0.1) is 0 Å². The number of hydrogen-bond acceptors (Lipinski definition) is 5. The van der Waals surface area contributed by atoms with Crippen molar-refractivity contribution in [2.24, 2.45) is 0 Å². The molecule has 0 aliphatic carbocycles. The van der Waals surface area contributed by atoms with Crippen molar-refractivity contribution in [2.75, 3.05) is 6.61 Å². The summed E-state index contributed by atoms with van der Waals surface area (Å²) in [7, 11) is 0.